The summed E-state index contributed by atoms with van der Waals surface area (Å²) in [5, 5.41) is 11.1. The van der Waals surface area contributed by atoms with Crippen LogP contribution in [0.25, 0.3) is 0 Å². The molecule has 90 valence electrons. The van der Waals surface area contributed by atoms with E-state index in [1.807, 2.05) is 37.3 Å². The topological polar surface area (TPSA) is 49.3 Å². The van der Waals surface area contributed by atoms with Crippen molar-refractivity contribution in [3.63, 3.8) is 0 Å². The number of carboxylic acids is 1. The van der Waals surface area contributed by atoms with Crippen molar-refractivity contribution < 1.29 is 9.90 Å². The molecule has 0 saturated carbocycles. The maximum atomic E-state index is 9.60. The molecule has 0 atom stereocenters. The van der Waals surface area contributed by atoms with Crippen LogP contribution in [-0.4, -0.2) is 23.5 Å². The van der Waals surface area contributed by atoms with Gasteiger partial charge in [0.25, 0.3) is 0 Å². The van der Waals surface area contributed by atoms with Crippen LogP contribution in [0.15, 0.2) is 30.3 Å². The summed E-state index contributed by atoms with van der Waals surface area (Å²) in [7, 11) is 0. The fourth-order valence-electron chi connectivity index (χ4n) is 0.961. The number of aliphatic carboxylic acids is 1. The lowest BCUT2D eigenvalue weighted by atomic mass is 10.3. The summed E-state index contributed by atoms with van der Waals surface area (Å²) in [4.78, 5) is 9.60. The molecule has 1 rings (SSSR count). The Morgan fingerprint density at radius 3 is 2.38 bits per heavy atom. The van der Waals surface area contributed by atoms with Crippen LogP contribution in [0, 0.1) is 0 Å². The quantitative estimate of drug-likeness (QED) is 0.781. The first-order chi connectivity index (χ1) is 7.70. The predicted octanol–water partition coefficient (Wildman–Crippen LogP) is 3.21. The lowest BCUT2D eigenvalue weighted by Crippen LogP contribution is -2.01. The van der Waals surface area contributed by atoms with E-state index in [-0.39, 0.29) is 0 Å². The average molecular weight is 244 g/mol. The monoisotopic (exact) mass is 243 g/mol. The SMILES string of the molecule is CCCC(=O)O.ClCCNc1ccccc1. The van der Waals surface area contributed by atoms with Crippen molar-refractivity contribution in [3.8, 4) is 0 Å². The van der Waals surface area contributed by atoms with Crippen LogP contribution in [0.5, 0.6) is 0 Å². The lowest BCUT2D eigenvalue weighted by molar-refractivity contribution is -0.137. The number of carbonyl (C=O) groups is 1. The second-order valence-electron chi connectivity index (χ2n) is 3.13. The first kappa shape index (κ1) is 14.8. The van der Waals surface area contributed by atoms with Crippen LogP contribution in [0.1, 0.15) is 19.8 Å². The molecule has 0 fully saturated rings. The molecule has 2 N–H and O–H groups in total. The number of hydrogen-bond acceptors (Lipinski definition) is 2. The number of anilines is 1. The zero-order valence-electron chi connectivity index (χ0n) is 9.45. The molecule has 0 aliphatic heterocycles. The van der Waals surface area contributed by atoms with E-state index < -0.39 is 5.97 Å². The minimum Gasteiger partial charge on any atom is -0.481 e. The number of benzene rings is 1. The van der Waals surface area contributed by atoms with E-state index in [0.29, 0.717) is 12.3 Å². The van der Waals surface area contributed by atoms with Crippen LogP contribution in [-0.2, 0) is 4.79 Å². The smallest absolute Gasteiger partial charge is 0.303 e. The van der Waals surface area contributed by atoms with Gasteiger partial charge < -0.3 is 10.4 Å². The molecule has 0 aromatic heterocycles. The summed E-state index contributed by atoms with van der Waals surface area (Å²) < 4.78 is 0. The normalized spacial score (nSPS) is 8.88. The van der Waals surface area contributed by atoms with E-state index in [2.05, 4.69) is 5.32 Å². The van der Waals surface area contributed by atoms with Gasteiger partial charge in [-0.1, -0.05) is 25.1 Å². The Labute approximate surface area is 101 Å². The molecule has 1 aromatic carbocycles. The van der Waals surface area contributed by atoms with Crippen LogP contribution in [0.2, 0.25) is 0 Å². The first-order valence-corrected chi connectivity index (χ1v) is 5.80. The van der Waals surface area contributed by atoms with E-state index in [1.54, 1.807) is 0 Å². The maximum absolute atomic E-state index is 9.60. The molecular formula is C12H18ClNO2. The third-order valence-electron chi connectivity index (χ3n) is 1.66. The number of rotatable bonds is 5. The molecule has 4 heteroatoms. The van der Waals surface area contributed by atoms with Crippen molar-refractivity contribution in [1.29, 1.82) is 0 Å². The van der Waals surface area contributed by atoms with Crippen molar-refractivity contribution in [2.75, 3.05) is 17.7 Å². The highest BCUT2D eigenvalue weighted by atomic mass is 35.5. The fourth-order valence-corrected chi connectivity index (χ4v) is 1.06. The summed E-state index contributed by atoms with van der Waals surface area (Å²) >= 11 is 5.49. The van der Waals surface area contributed by atoms with E-state index in [1.165, 1.54) is 0 Å². The number of halogens is 1. The summed E-state index contributed by atoms with van der Waals surface area (Å²) in [5.41, 5.74) is 1.13. The molecule has 1 aromatic rings. The molecule has 0 radical (unpaired) electrons. The molecule has 0 spiro atoms. The van der Waals surface area contributed by atoms with Crippen molar-refractivity contribution in [1.82, 2.24) is 0 Å². The molecule has 0 aliphatic carbocycles. The minimum atomic E-state index is -0.711. The first-order valence-electron chi connectivity index (χ1n) is 5.27. The fraction of sp³-hybridized carbons (Fsp3) is 0.417. The Balaban J connectivity index is 0.000000325. The Kier molecular flexibility index (Phi) is 9.52. The summed E-state index contributed by atoms with van der Waals surface area (Å²) in [6.45, 7) is 2.67. The van der Waals surface area contributed by atoms with E-state index in [9.17, 15) is 4.79 Å². The molecule has 16 heavy (non-hydrogen) atoms. The van der Waals surface area contributed by atoms with Crippen LogP contribution in [0.4, 0.5) is 5.69 Å². The highest BCUT2D eigenvalue weighted by Crippen LogP contribution is 2.03. The molecule has 0 heterocycles. The van der Waals surface area contributed by atoms with Gasteiger partial charge >= 0.3 is 5.97 Å². The van der Waals surface area contributed by atoms with Gasteiger partial charge in [-0.05, 0) is 18.6 Å². The molecular weight excluding hydrogens is 226 g/mol. The van der Waals surface area contributed by atoms with Gasteiger partial charge in [0, 0.05) is 24.5 Å². The molecule has 0 unspecified atom stereocenters. The van der Waals surface area contributed by atoms with E-state index >= 15 is 0 Å². The van der Waals surface area contributed by atoms with Gasteiger partial charge in [0.1, 0.15) is 0 Å². The molecule has 3 nitrogen and oxygen atoms in total. The van der Waals surface area contributed by atoms with Crippen LogP contribution < -0.4 is 5.32 Å². The van der Waals surface area contributed by atoms with E-state index in [4.69, 9.17) is 16.7 Å². The molecule has 0 saturated heterocycles. The zero-order chi connectivity index (χ0) is 12.2. The van der Waals surface area contributed by atoms with Gasteiger partial charge in [-0.3, -0.25) is 4.79 Å². The number of alkyl halides is 1. The Bertz CT molecular complexity index is 278. The third-order valence-corrected chi connectivity index (χ3v) is 1.85. The molecule has 0 amide bonds. The number of nitrogens with one attached hydrogen (secondary N) is 1. The van der Waals surface area contributed by atoms with Gasteiger partial charge in [-0.25, -0.2) is 0 Å². The van der Waals surface area contributed by atoms with Crippen molar-refractivity contribution >= 4 is 23.3 Å². The highest BCUT2D eigenvalue weighted by Gasteiger charge is 1.87. The largest absolute Gasteiger partial charge is 0.481 e. The van der Waals surface area contributed by atoms with Crippen LogP contribution in [0.3, 0.4) is 0 Å². The number of para-hydroxylation sites is 1. The third kappa shape index (κ3) is 9.34. The summed E-state index contributed by atoms with van der Waals surface area (Å²) in [6.07, 6.45) is 1.02. The van der Waals surface area contributed by atoms with Gasteiger partial charge in [-0.15, -0.1) is 11.6 Å². The second-order valence-corrected chi connectivity index (χ2v) is 3.50. The minimum absolute atomic E-state index is 0.292. The number of carboxylic acid groups (broad SMARTS) is 1. The van der Waals surface area contributed by atoms with Gasteiger partial charge in [0.15, 0.2) is 0 Å². The van der Waals surface area contributed by atoms with Crippen molar-refractivity contribution in [2.24, 2.45) is 0 Å². The van der Waals surface area contributed by atoms with Gasteiger partial charge in [0.05, 0.1) is 0 Å². The van der Waals surface area contributed by atoms with Crippen LogP contribution >= 0.6 is 11.6 Å². The molecule has 0 aliphatic rings. The van der Waals surface area contributed by atoms with Crippen molar-refractivity contribution in [3.05, 3.63) is 30.3 Å². The van der Waals surface area contributed by atoms with Crippen molar-refractivity contribution in [2.45, 2.75) is 19.8 Å². The van der Waals surface area contributed by atoms with E-state index in [0.717, 1.165) is 18.7 Å². The Morgan fingerprint density at radius 1 is 1.38 bits per heavy atom. The zero-order valence-corrected chi connectivity index (χ0v) is 10.2. The number of hydrogen-bond donors (Lipinski definition) is 2. The standard InChI is InChI=1S/C8H10ClN.C4H8O2/c9-6-7-10-8-4-2-1-3-5-8;1-2-3-4(5)6/h1-5,10H,6-7H2;2-3H2,1H3,(H,5,6). The average Bonchev–Trinajstić information content (AvgIpc) is 2.28. The Hall–Kier alpha value is -1.22. The van der Waals surface area contributed by atoms with Gasteiger partial charge in [0.2, 0.25) is 0 Å². The van der Waals surface area contributed by atoms with Gasteiger partial charge in [-0.2, -0.15) is 0 Å². The lowest BCUT2D eigenvalue weighted by Gasteiger charge is -2.01. The second kappa shape index (κ2) is 10.3. The summed E-state index contributed by atoms with van der Waals surface area (Å²) in [5.74, 6) is -0.0629. The maximum Gasteiger partial charge on any atom is 0.303 e. The summed E-state index contributed by atoms with van der Waals surface area (Å²) in [6, 6.07) is 10.0. The Morgan fingerprint density at radius 2 is 2.00 bits per heavy atom. The molecule has 0 bridgehead atoms. The highest BCUT2D eigenvalue weighted by molar-refractivity contribution is 6.18. The predicted molar refractivity (Wildman–Crippen MR) is 68.2 cm³/mol.